The van der Waals surface area contributed by atoms with Gasteiger partial charge in [0.05, 0.1) is 17.8 Å². The molecule has 5 rings (SSSR count). The lowest BCUT2D eigenvalue weighted by Gasteiger charge is -2.42. The highest BCUT2D eigenvalue weighted by Gasteiger charge is 2.40. The van der Waals surface area contributed by atoms with E-state index in [9.17, 15) is 9.18 Å². The molecule has 1 amide bonds. The summed E-state index contributed by atoms with van der Waals surface area (Å²) in [5, 5.41) is 0. The van der Waals surface area contributed by atoms with Crippen LogP contribution in [0.2, 0.25) is 0 Å². The van der Waals surface area contributed by atoms with Crippen LogP contribution in [0.5, 0.6) is 0 Å². The van der Waals surface area contributed by atoms with Crippen LogP contribution in [0.4, 0.5) is 10.3 Å². The molecule has 0 N–H and O–H groups in total. The second-order valence-corrected chi connectivity index (χ2v) is 9.52. The standard InChI is InChI=1S/C25H32FN5O2/c26-21-6-4-20(5-7-21)16-31-19-25(33-18-23(31)32)9-3-12-29(15-10-25)17-22-8-11-27-24(28-22)30-13-1-2-14-30/h4-8,11H,1-3,9-10,12-19H2/t25-/m0/s1. The first-order valence-electron chi connectivity index (χ1n) is 12.0. The van der Waals surface area contributed by atoms with Gasteiger partial charge in [-0.25, -0.2) is 14.4 Å². The van der Waals surface area contributed by atoms with Gasteiger partial charge in [-0.1, -0.05) is 12.1 Å². The first-order valence-corrected chi connectivity index (χ1v) is 12.0. The molecule has 0 aliphatic carbocycles. The Kier molecular flexibility index (Phi) is 6.55. The SMILES string of the molecule is O=C1CO[C@]2(CCCN(Cc3ccnc(N4CCCC4)n3)CC2)CN1Cc1ccc(F)cc1. The van der Waals surface area contributed by atoms with Gasteiger partial charge in [-0.3, -0.25) is 9.69 Å². The normalized spacial score (nSPS) is 24.5. The number of aromatic nitrogens is 2. The molecule has 3 aliphatic heterocycles. The fraction of sp³-hybridized carbons (Fsp3) is 0.560. The van der Waals surface area contributed by atoms with Gasteiger partial charge in [0.1, 0.15) is 12.4 Å². The minimum Gasteiger partial charge on any atom is -0.363 e. The maximum absolute atomic E-state index is 13.3. The van der Waals surface area contributed by atoms with Crippen LogP contribution in [0.3, 0.4) is 0 Å². The van der Waals surface area contributed by atoms with Crippen molar-refractivity contribution >= 4 is 11.9 Å². The van der Waals surface area contributed by atoms with Gasteiger partial charge in [-0.05, 0) is 62.4 Å². The molecular weight excluding hydrogens is 421 g/mol. The summed E-state index contributed by atoms with van der Waals surface area (Å²) in [6.45, 7) is 5.98. The Morgan fingerprint density at radius 2 is 1.79 bits per heavy atom. The molecular formula is C25H32FN5O2. The topological polar surface area (TPSA) is 61.8 Å². The monoisotopic (exact) mass is 453 g/mol. The van der Waals surface area contributed by atoms with Crippen LogP contribution in [-0.2, 0) is 22.6 Å². The average molecular weight is 454 g/mol. The Hall–Kier alpha value is -2.58. The van der Waals surface area contributed by atoms with Crippen molar-refractivity contribution in [2.24, 2.45) is 0 Å². The third kappa shape index (κ3) is 5.33. The molecule has 7 nitrogen and oxygen atoms in total. The molecule has 8 heteroatoms. The van der Waals surface area contributed by atoms with Gasteiger partial charge in [0.2, 0.25) is 11.9 Å². The second-order valence-electron chi connectivity index (χ2n) is 9.52. The fourth-order valence-corrected chi connectivity index (χ4v) is 5.20. The predicted octanol–water partition coefficient (Wildman–Crippen LogP) is 3.00. The molecule has 176 valence electrons. The molecule has 1 aromatic carbocycles. The minimum atomic E-state index is -0.310. The van der Waals surface area contributed by atoms with E-state index in [1.807, 2.05) is 17.2 Å². The zero-order chi connectivity index (χ0) is 22.7. The highest BCUT2D eigenvalue weighted by Crippen LogP contribution is 2.31. The van der Waals surface area contributed by atoms with Crippen molar-refractivity contribution in [3.63, 3.8) is 0 Å². The number of ether oxygens (including phenoxy) is 1. The van der Waals surface area contributed by atoms with Crippen molar-refractivity contribution in [2.75, 3.05) is 44.2 Å². The van der Waals surface area contributed by atoms with Gasteiger partial charge in [0, 0.05) is 38.9 Å². The number of benzene rings is 1. The first-order chi connectivity index (χ1) is 16.1. The number of rotatable bonds is 5. The van der Waals surface area contributed by atoms with Gasteiger partial charge in [0.25, 0.3) is 0 Å². The Balaban J connectivity index is 1.21. The van der Waals surface area contributed by atoms with Crippen molar-refractivity contribution in [1.82, 2.24) is 19.8 Å². The molecule has 4 heterocycles. The number of halogens is 1. The van der Waals surface area contributed by atoms with Crippen LogP contribution in [0, 0.1) is 5.82 Å². The Morgan fingerprint density at radius 1 is 0.970 bits per heavy atom. The van der Waals surface area contributed by atoms with E-state index in [1.165, 1.54) is 25.0 Å². The molecule has 3 aliphatic rings. The summed E-state index contributed by atoms with van der Waals surface area (Å²) in [5.41, 5.74) is 1.69. The van der Waals surface area contributed by atoms with Crippen molar-refractivity contribution in [2.45, 2.75) is 50.8 Å². The maximum Gasteiger partial charge on any atom is 0.248 e. The minimum absolute atomic E-state index is 0.00137. The van der Waals surface area contributed by atoms with E-state index < -0.39 is 0 Å². The number of likely N-dealkylation sites (tertiary alicyclic amines) is 1. The molecule has 3 fully saturated rings. The van der Waals surface area contributed by atoms with Crippen molar-refractivity contribution in [1.29, 1.82) is 0 Å². The van der Waals surface area contributed by atoms with Crippen LogP contribution in [0.25, 0.3) is 0 Å². The van der Waals surface area contributed by atoms with E-state index in [1.54, 1.807) is 12.1 Å². The van der Waals surface area contributed by atoms with E-state index in [0.717, 1.165) is 69.2 Å². The quantitative estimate of drug-likeness (QED) is 0.694. The largest absolute Gasteiger partial charge is 0.363 e. The summed E-state index contributed by atoms with van der Waals surface area (Å²) in [6, 6.07) is 8.40. The van der Waals surface area contributed by atoms with E-state index >= 15 is 0 Å². The van der Waals surface area contributed by atoms with E-state index in [2.05, 4.69) is 14.8 Å². The molecule has 0 bridgehead atoms. The zero-order valence-corrected chi connectivity index (χ0v) is 19.1. The molecule has 0 unspecified atom stereocenters. The maximum atomic E-state index is 13.3. The van der Waals surface area contributed by atoms with Crippen molar-refractivity contribution < 1.29 is 13.9 Å². The van der Waals surface area contributed by atoms with Gasteiger partial charge >= 0.3 is 0 Å². The van der Waals surface area contributed by atoms with Crippen molar-refractivity contribution in [3.8, 4) is 0 Å². The number of hydrogen-bond acceptors (Lipinski definition) is 6. The Bertz CT molecular complexity index is 966. The number of amides is 1. The van der Waals surface area contributed by atoms with Crippen LogP contribution in [-0.4, -0.2) is 70.6 Å². The molecule has 0 radical (unpaired) electrons. The van der Waals surface area contributed by atoms with Gasteiger partial charge in [0.15, 0.2) is 0 Å². The lowest BCUT2D eigenvalue weighted by molar-refractivity contribution is -0.166. The van der Waals surface area contributed by atoms with Crippen LogP contribution in [0.15, 0.2) is 36.5 Å². The van der Waals surface area contributed by atoms with Gasteiger partial charge in [-0.2, -0.15) is 0 Å². The summed E-state index contributed by atoms with van der Waals surface area (Å²) in [4.78, 5) is 28.4. The third-order valence-corrected chi connectivity index (χ3v) is 7.09. The highest BCUT2D eigenvalue weighted by atomic mass is 19.1. The highest BCUT2D eigenvalue weighted by molar-refractivity contribution is 5.78. The van der Waals surface area contributed by atoms with E-state index in [4.69, 9.17) is 9.72 Å². The van der Waals surface area contributed by atoms with Crippen LogP contribution in [0.1, 0.15) is 43.4 Å². The number of nitrogens with zero attached hydrogens (tertiary/aromatic N) is 5. The Labute approximate surface area is 194 Å². The first kappa shape index (κ1) is 22.2. The predicted molar refractivity (Wildman–Crippen MR) is 123 cm³/mol. The van der Waals surface area contributed by atoms with Gasteiger partial charge in [-0.15, -0.1) is 0 Å². The second kappa shape index (κ2) is 9.73. The average Bonchev–Trinajstić information content (AvgIpc) is 3.30. The fourth-order valence-electron chi connectivity index (χ4n) is 5.20. The molecule has 3 saturated heterocycles. The molecule has 33 heavy (non-hydrogen) atoms. The number of carbonyl (C=O) groups excluding carboxylic acids is 1. The van der Waals surface area contributed by atoms with Crippen LogP contribution < -0.4 is 4.90 Å². The zero-order valence-electron chi connectivity index (χ0n) is 19.1. The smallest absolute Gasteiger partial charge is 0.248 e. The van der Waals surface area contributed by atoms with Crippen LogP contribution >= 0.6 is 0 Å². The lowest BCUT2D eigenvalue weighted by Crippen LogP contribution is -2.54. The summed E-state index contributed by atoms with van der Waals surface area (Å²) >= 11 is 0. The van der Waals surface area contributed by atoms with Gasteiger partial charge < -0.3 is 14.5 Å². The summed E-state index contributed by atoms with van der Waals surface area (Å²) in [6.07, 6.45) is 7.12. The van der Waals surface area contributed by atoms with Crippen molar-refractivity contribution in [3.05, 3.63) is 53.6 Å². The molecule has 1 atom stereocenters. The number of hydrogen-bond donors (Lipinski definition) is 0. The molecule has 0 saturated carbocycles. The number of carbonyl (C=O) groups is 1. The lowest BCUT2D eigenvalue weighted by atomic mass is 9.92. The van der Waals surface area contributed by atoms with E-state index in [-0.39, 0.29) is 23.9 Å². The third-order valence-electron chi connectivity index (χ3n) is 7.09. The number of morpholine rings is 1. The molecule has 1 aromatic heterocycles. The Morgan fingerprint density at radius 3 is 2.61 bits per heavy atom. The summed E-state index contributed by atoms with van der Waals surface area (Å²) in [5.74, 6) is 0.590. The number of anilines is 1. The summed E-state index contributed by atoms with van der Waals surface area (Å²) < 4.78 is 19.4. The summed E-state index contributed by atoms with van der Waals surface area (Å²) in [7, 11) is 0. The molecule has 1 spiro atoms. The molecule has 2 aromatic rings. The van der Waals surface area contributed by atoms with E-state index in [0.29, 0.717) is 13.1 Å².